The molecule has 0 aromatic heterocycles. The Balaban J connectivity index is 1.56. The van der Waals surface area contributed by atoms with E-state index in [0.29, 0.717) is 6.42 Å². The second kappa shape index (κ2) is 10.8. The minimum atomic E-state index is -1.22. The van der Waals surface area contributed by atoms with Gasteiger partial charge in [-0.15, -0.1) is 0 Å². The zero-order valence-corrected chi connectivity index (χ0v) is 17.9. The van der Waals surface area contributed by atoms with Crippen LogP contribution in [0.25, 0.3) is 11.1 Å². The molecule has 3 rings (SSSR count). The number of benzene rings is 2. The third-order valence-electron chi connectivity index (χ3n) is 5.64. The second-order valence-corrected chi connectivity index (χ2v) is 7.75. The van der Waals surface area contributed by atoms with Crippen molar-refractivity contribution < 1.29 is 29.3 Å². The zero-order chi connectivity index (χ0) is 23.1. The van der Waals surface area contributed by atoms with Gasteiger partial charge in [0.05, 0.1) is 0 Å². The number of carboxylic acids is 1. The quantitative estimate of drug-likeness (QED) is 0.450. The van der Waals surface area contributed by atoms with Crippen molar-refractivity contribution in [1.82, 2.24) is 10.6 Å². The van der Waals surface area contributed by atoms with Gasteiger partial charge in [-0.25, -0.2) is 9.59 Å². The van der Waals surface area contributed by atoms with Gasteiger partial charge in [-0.2, -0.15) is 0 Å². The van der Waals surface area contributed by atoms with E-state index in [4.69, 9.17) is 14.9 Å². The second-order valence-electron chi connectivity index (χ2n) is 7.75. The van der Waals surface area contributed by atoms with Crippen LogP contribution in [-0.2, 0) is 14.3 Å². The standard InChI is InChI=1S/C24H28N2O6/c1-2-15(13-22(28)26-21(11-12-27)23(29)30)25-24(31)32-14-20-18-9-5-3-7-16(18)17-8-4-6-10-19(17)20/h3-10,15,20-21,27H,2,11-14H2,1H3,(H,25,31)(H,26,28)(H,29,30)/t15-,21+/m1/s1. The number of rotatable bonds is 10. The molecular formula is C24H28N2O6. The molecule has 2 aromatic carbocycles. The molecular weight excluding hydrogens is 412 g/mol. The normalized spacial score (nSPS) is 14.1. The van der Waals surface area contributed by atoms with E-state index in [1.165, 1.54) is 0 Å². The van der Waals surface area contributed by atoms with Crippen molar-refractivity contribution in [3.63, 3.8) is 0 Å². The molecule has 0 radical (unpaired) electrons. The predicted octanol–water partition coefficient (Wildman–Crippen LogP) is 2.65. The van der Waals surface area contributed by atoms with E-state index >= 15 is 0 Å². The summed E-state index contributed by atoms with van der Waals surface area (Å²) < 4.78 is 5.50. The Morgan fingerprint density at radius 3 is 2.12 bits per heavy atom. The fourth-order valence-electron chi connectivity index (χ4n) is 3.97. The van der Waals surface area contributed by atoms with Crippen molar-refractivity contribution in [2.75, 3.05) is 13.2 Å². The smallest absolute Gasteiger partial charge is 0.407 e. The Morgan fingerprint density at radius 2 is 1.59 bits per heavy atom. The van der Waals surface area contributed by atoms with E-state index < -0.39 is 30.1 Å². The molecule has 0 saturated heterocycles. The number of aliphatic carboxylic acids is 1. The number of ether oxygens (including phenoxy) is 1. The highest BCUT2D eigenvalue weighted by Gasteiger charge is 2.29. The van der Waals surface area contributed by atoms with Crippen LogP contribution in [0.15, 0.2) is 48.5 Å². The topological polar surface area (TPSA) is 125 Å². The lowest BCUT2D eigenvalue weighted by Crippen LogP contribution is -2.45. The first-order valence-electron chi connectivity index (χ1n) is 10.7. The third-order valence-corrected chi connectivity index (χ3v) is 5.64. The van der Waals surface area contributed by atoms with E-state index in [-0.39, 0.29) is 32.0 Å². The average molecular weight is 440 g/mol. The molecule has 0 spiro atoms. The van der Waals surface area contributed by atoms with E-state index in [9.17, 15) is 14.4 Å². The van der Waals surface area contributed by atoms with Gasteiger partial charge in [0.15, 0.2) is 0 Å². The summed E-state index contributed by atoms with van der Waals surface area (Å²) in [5.41, 5.74) is 4.49. The largest absolute Gasteiger partial charge is 0.480 e. The van der Waals surface area contributed by atoms with E-state index in [2.05, 4.69) is 22.8 Å². The molecule has 170 valence electrons. The third kappa shape index (κ3) is 5.45. The zero-order valence-electron chi connectivity index (χ0n) is 17.9. The van der Waals surface area contributed by atoms with Gasteiger partial charge in [0.2, 0.25) is 5.91 Å². The Bertz CT molecular complexity index is 931. The van der Waals surface area contributed by atoms with Crippen molar-refractivity contribution in [2.45, 2.75) is 44.2 Å². The molecule has 8 nitrogen and oxygen atoms in total. The molecule has 1 aliphatic rings. The maximum Gasteiger partial charge on any atom is 0.407 e. The fourth-order valence-corrected chi connectivity index (χ4v) is 3.97. The predicted molar refractivity (Wildman–Crippen MR) is 118 cm³/mol. The number of carbonyl (C=O) groups excluding carboxylic acids is 2. The monoisotopic (exact) mass is 440 g/mol. The maximum absolute atomic E-state index is 12.4. The summed E-state index contributed by atoms with van der Waals surface area (Å²) in [5.74, 6) is -1.80. The van der Waals surface area contributed by atoms with Crippen molar-refractivity contribution in [3.8, 4) is 11.1 Å². The van der Waals surface area contributed by atoms with Gasteiger partial charge in [-0.1, -0.05) is 55.5 Å². The molecule has 4 N–H and O–H groups in total. The molecule has 2 amide bonds. The van der Waals surface area contributed by atoms with Crippen LogP contribution in [0, 0.1) is 0 Å². The van der Waals surface area contributed by atoms with Crippen LogP contribution in [0.1, 0.15) is 43.2 Å². The fraction of sp³-hybridized carbons (Fsp3) is 0.375. The SMILES string of the molecule is CC[C@H](CC(=O)N[C@@H](CCO)C(=O)O)NC(=O)OCC1c2ccccc2-c2ccccc21. The Labute approximate surface area is 186 Å². The Morgan fingerprint density at radius 1 is 1.00 bits per heavy atom. The number of alkyl carbamates (subject to hydrolysis) is 1. The minimum absolute atomic E-state index is 0.0636. The number of amides is 2. The molecule has 0 heterocycles. The molecule has 0 bridgehead atoms. The first-order valence-corrected chi connectivity index (χ1v) is 10.7. The number of carbonyl (C=O) groups is 3. The number of hydrogen-bond acceptors (Lipinski definition) is 5. The number of nitrogens with one attached hydrogen (secondary N) is 2. The van der Waals surface area contributed by atoms with Gasteiger partial charge in [-0.3, -0.25) is 4.79 Å². The van der Waals surface area contributed by atoms with Crippen LogP contribution in [0.2, 0.25) is 0 Å². The van der Waals surface area contributed by atoms with Crippen molar-refractivity contribution in [1.29, 1.82) is 0 Å². The minimum Gasteiger partial charge on any atom is -0.480 e. The highest BCUT2D eigenvalue weighted by molar-refractivity contribution is 5.84. The number of carboxylic acid groups (broad SMARTS) is 1. The summed E-state index contributed by atoms with van der Waals surface area (Å²) in [6, 6.07) is 14.4. The molecule has 32 heavy (non-hydrogen) atoms. The molecule has 8 heteroatoms. The molecule has 0 unspecified atom stereocenters. The van der Waals surface area contributed by atoms with Gasteiger partial charge in [0.1, 0.15) is 12.6 Å². The molecule has 0 fully saturated rings. The summed E-state index contributed by atoms with van der Waals surface area (Å²) in [6.45, 7) is 1.62. The lowest BCUT2D eigenvalue weighted by molar-refractivity contribution is -0.142. The Hall–Kier alpha value is -3.39. The van der Waals surface area contributed by atoms with E-state index in [1.54, 1.807) is 0 Å². The van der Waals surface area contributed by atoms with Gasteiger partial charge in [0.25, 0.3) is 0 Å². The van der Waals surface area contributed by atoms with Crippen LogP contribution in [0.4, 0.5) is 4.79 Å². The van der Waals surface area contributed by atoms with Crippen LogP contribution in [0.3, 0.4) is 0 Å². The summed E-state index contributed by atoms with van der Waals surface area (Å²) in [7, 11) is 0. The maximum atomic E-state index is 12.4. The summed E-state index contributed by atoms with van der Waals surface area (Å²) in [6.07, 6.45) is -0.334. The van der Waals surface area contributed by atoms with E-state index in [1.807, 2.05) is 43.3 Å². The molecule has 0 aliphatic heterocycles. The number of aliphatic hydroxyl groups excluding tert-OH is 1. The number of hydrogen-bond donors (Lipinski definition) is 4. The van der Waals surface area contributed by atoms with Crippen LogP contribution < -0.4 is 10.6 Å². The van der Waals surface area contributed by atoms with Crippen LogP contribution in [-0.4, -0.2) is 53.5 Å². The van der Waals surface area contributed by atoms with Gasteiger partial charge >= 0.3 is 12.1 Å². The van der Waals surface area contributed by atoms with Crippen molar-refractivity contribution in [2.24, 2.45) is 0 Å². The molecule has 0 saturated carbocycles. The highest BCUT2D eigenvalue weighted by Crippen LogP contribution is 2.44. The molecule has 1 aliphatic carbocycles. The Kier molecular flexibility index (Phi) is 7.83. The highest BCUT2D eigenvalue weighted by atomic mass is 16.5. The summed E-state index contributed by atoms with van der Waals surface area (Å²) >= 11 is 0. The molecule has 2 aromatic rings. The summed E-state index contributed by atoms with van der Waals surface area (Å²) in [4.78, 5) is 35.7. The first kappa shape index (κ1) is 23.3. The summed E-state index contributed by atoms with van der Waals surface area (Å²) in [5, 5.41) is 23.1. The van der Waals surface area contributed by atoms with Crippen molar-refractivity contribution >= 4 is 18.0 Å². The number of aliphatic hydroxyl groups is 1. The van der Waals surface area contributed by atoms with Crippen LogP contribution in [0.5, 0.6) is 0 Å². The first-order chi connectivity index (χ1) is 15.4. The van der Waals surface area contributed by atoms with Gasteiger partial charge < -0.3 is 25.6 Å². The molecule has 2 atom stereocenters. The van der Waals surface area contributed by atoms with Crippen LogP contribution >= 0.6 is 0 Å². The average Bonchev–Trinajstić information content (AvgIpc) is 3.10. The lowest BCUT2D eigenvalue weighted by atomic mass is 9.98. The van der Waals surface area contributed by atoms with E-state index in [0.717, 1.165) is 22.3 Å². The van der Waals surface area contributed by atoms with Crippen molar-refractivity contribution in [3.05, 3.63) is 59.7 Å². The lowest BCUT2D eigenvalue weighted by Gasteiger charge is -2.20. The number of fused-ring (bicyclic) bond motifs is 3. The van der Waals surface area contributed by atoms with Gasteiger partial charge in [-0.05, 0) is 28.7 Å². The van der Waals surface area contributed by atoms with Gasteiger partial charge in [0, 0.05) is 31.4 Å².